The molecule has 0 spiro atoms. The average Bonchev–Trinajstić information content (AvgIpc) is 2.78. The number of benzene rings is 2. The minimum atomic E-state index is -0.209. The van der Waals surface area contributed by atoms with E-state index in [1.54, 1.807) is 0 Å². The van der Waals surface area contributed by atoms with E-state index in [9.17, 15) is 4.79 Å². The van der Waals surface area contributed by atoms with Crippen LogP contribution >= 0.6 is 0 Å². The van der Waals surface area contributed by atoms with E-state index in [1.165, 1.54) is 13.4 Å². The number of fused-ring (bicyclic) bond motifs is 2. The van der Waals surface area contributed by atoms with E-state index in [-0.39, 0.29) is 5.97 Å². The number of ether oxygens (including phenoxy) is 3. The van der Waals surface area contributed by atoms with Gasteiger partial charge < -0.3 is 19.5 Å². The van der Waals surface area contributed by atoms with Gasteiger partial charge in [0.15, 0.2) is 11.5 Å². The fourth-order valence-electron chi connectivity index (χ4n) is 2.93. The van der Waals surface area contributed by atoms with Crippen LogP contribution in [0.15, 0.2) is 42.7 Å². The van der Waals surface area contributed by atoms with Crippen LogP contribution in [0.25, 0.3) is 10.9 Å². The van der Waals surface area contributed by atoms with Gasteiger partial charge in [0.05, 0.1) is 12.6 Å². The summed E-state index contributed by atoms with van der Waals surface area (Å²) in [4.78, 5) is 19.9. The van der Waals surface area contributed by atoms with Crippen molar-refractivity contribution in [3.8, 4) is 11.5 Å². The number of anilines is 2. The third-order valence-corrected chi connectivity index (χ3v) is 4.36. The Labute approximate surface area is 170 Å². The highest BCUT2D eigenvalue weighted by molar-refractivity contribution is 5.93. The van der Waals surface area contributed by atoms with Crippen LogP contribution in [-0.2, 0) is 16.0 Å². The van der Waals surface area contributed by atoms with Crippen LogP contribution < -0.4 is 14.8 Å². The summed E-state index contributed by atoms with van der Waals surface area (Å²) in [6.45, 7) is 5.07. The van der Waals surface area contributed by atoms with Crippen molar-refractivity contribution < 1.29 is 19.0 Å². The Kier molecular flexibility index (Phi) is 6.84. The molecular formula is C22H25N3O4. The first-order valence-electron chi connectivity index (χ1n) is 9.70. The summed E-state index contributed by atoms with van der Waals surface area (Å²) < 4.78 is 15.9. The number of aromatic nitrogens is 2. The lowest BCUT2D eigenvalue weighted by Crippen LogP contribution is -2.15. The first kappa shape index (κ1) is 20.4. The van der Waals surface area contributed by atoms with E-state index in [4.69, 9.17) is 9.47 Å². The van der Waals surface area contributed by atoms with Crippen LogP contribution in [0.3, 0.4) is 0 Å². The van der Waals surface area contributed by atoms with Crippen molar-refractivity contribution in [2.45, 2.75) is 26.7 Å². The molecule has 0 bridgehead atoms. The molecule has 7 nitrogen and oxygen atoms in total. The maximum absolute atomic E-state index is 11.3. The molecule has 0 amide bonds. The van der Waals surface area contributed by atoms with Gasteiger partial charge in [-0.15, -0.1) is 0 Å². The monoisotopic (exact) mass is 395 g/mol. The van der Waals surface area contributed by atoms with E-state index in [1.807, 2.05) is 50.2 Å². The van der Waals surface area contributed by atoms with Crippen LogP contribution in [0.1, 0.15) is 25.8 Å². The Morgan fingerprint density at radius 1 is 1.07 bits per heavy atom. The van der Waals surface area contributed by atoms with Gasteiger partial charge >= 0.3 is 5.97 Å². The largest absolute Gasteiger partial charge is 0.486 e. The molecule has 0 fully saturated rings. The summed E-state index contributed by atoms with van der Waals surface area (Å²) in [5.74, 6) is 1.89. The van der Waals surface area contributed by atoms with Crippen molar-refractivity contribution >= 4 is 28.4 Å². The van der Waals surface area contributed by atoms with Crippen LogP contribution in [0.2, 0.25) is 0 Å². The Morgan fingerprint density at radius 3 is 2.45 bits per heavy atom. The molecule has 0 radical (unpaired) electrons. The number of esters is 1. The summed E-state index contributed by atoms with van der Waals surface area (Å²) in [6, 6.07) is 11.6. The quantitative estimate of drug-likeness (QED) is 0.646. The molecule has 1 aromatic heterocycles. The van der Waals surface area contributed by atoms with E-state index in [0.717, 1.165) is 22.2 Å². The zero-order chi connectivity index (χ0) is 20.6. The Balaban J connectivity index is 0.00000117. The van der Waals surface area contributed by atoms with E-state index in [0.29, 0.717) is 43.4 Å². The number of nitrogens with one attached hydrogen (secondary N) is 1. The van der Waals surface area contributed by atoms with Gasteiger partial charge in [0.2, 0.25) is 0 Å². The van der Waals surface area contributed by atoms with Crippen molar-refractivity contribution in [2.24, 2.45) is 0 Å². The standard InChI is InChI=1S/C20H19N3O4.C2H6/c1-25-19(24)7-4-13-2-5-14(6-3-13)23-20-15-10-17-18(27-9-8-26-17)11-16(15)21-12-22-20;1-2/h2-3,5-6,10-12H,4,7-9H2,1H3,(H,21,22,23);1-2H3. The van der Waals surface area contributed by atoms with Crippen LogP contribution in [0, 0.1) is 0 Å². The smallest absolute Gasteiger partial charge is 0.305 e. The second-order valence-corrected chi connectivity index (χ2v) is 6.13. The number of methoxy groups -OCH3 is 1. The fraction of sp³-hybridized carbons (Fsp3) is 0.318. The highest BCUT2D eigenvalue weighted by Crippen LogP contribution is 2.36. The SMILES string of the molecule is CC.COC(=O)CCc1ccc(Nc2ncnc3cc4c(cc23)OCCO4)cc1. The molecule has 2 aromatic carbocycles. The highest BCUT2D eigenvalue weighted by atomic mass is 16.6. The summed E-state index contributed by atoms with van der Waals surface area (Å²) in [7, 11) is 1.40. The average molecular weight is 395 g/mol. The van der Waals surface area contributed by atoms with E-state index in [2.05, 4.69) is 20.0 Å². The van der Waals surface area contributed by atoms with Crippen molar-refractivity contribution in [2.75, 3.05) is 25.6 Å². The van der Waals surface area contributed by atoms with Crippen LogP contribution in [0.5, 0.6) is 11.5 Å². The minimum Gasteiger partial charge on any atom is -0.486 e. The molecule has 0 aliphatic carbocycles. The number of carbonyl (C=O) groups is 1. The Hall–Kier alpha value is -3.35. The first-order valence-corrected chi connectivity index (χ1v) is 9.70. The maximum atomic E-state index is 11.3. The normalized spacial score (nSPS) is 12.0. The number of carbonyl (C=O) groups excluding carboxylic acids is 1. The summed E-state index contributed by atoms with van der Waals surface area (Å²) in [5, 5.41) is 4.18. The summed E-state index contributed by atoms with van der Waals surface area (Å²) >= 11 is 0. The molecule has 3 aromatic rings. The number of aryl methyl sites for hydroxylation is 1. The number of nitrogens with zero attached hydrogens (tertiary/aromatic N) is 2. The maximum Gasteiger partial charge on any atom is 0.305 e. The van der Waals surface area contributed by atoms with Crippen LogP contribution in [0.4, 0.5) is 11.5 Å². The molecule has 1 aliphatic heterocycles. The van der Waals surface area contributed by atoms with Gasteiger partial charge in [-0.25, -0.2) is 9.97 Å². The third kappa shape index (κ3) is 4.93. The second-order valence-electron chi connectivity index (χ2n) is 6.13. The molecule has 0 unspecified atom stereocenters. The number of hydrogen-bond donors (Lipinski definition) is 1. The van der Waals surface area contributed by atoms with Gasteiger partial charge in [-0.1, -0.05) is 26.0 Å². The lowest BCUT2D eigenvalue weighted by atomic mass is 10.1. The van der Waals surface area contributed by atoms with Gasteiger partial charge in [-0.3, -0.25) is 4.79 Å². The lowest BCUT2D eigenvalue weighted by Gasteiger charge is -2.19. The lowest BCUT2D eigenvalue weighted by molar-refractivity contribution is -0.140. The third-order valence-electron chi connectivity index (χ3n) is 4.36. The van der Waals surface area contributed by atoms with Gasteiger partial charge in [0.25, 0.3) is 0 Å². The predicted octanol–water partition coefficient (Wildman–Crippen LogP) is 4.28. The van der Waals surface area contributed by atoms with Gasteiger partial charge in [0, 0.05) is 23.6 Å². The molecule has 4 rings (SSSR count). The van der Waals surface area contributed by atoms with Crippen molar-refractivity contribution in [1.82, 2.24) is 9.97 Å². The molecule has 1 aliphatic rings. The van der Waals surface area contributed by atoms with E-state index < -0.39 is 0 Å². The number of rotatable bonds is 5. The topological polar surface area (TPSA) is 82.6 Å². The first-order chi connectivity index (χ1) is 14.2. The molecule has 29 heavy (non-hydrogen) atoms. The van der Waals surface area contributed by atoms with E-state index >= 15 is 0 Å². The zero-order valence-corrected chi connectivity index (χ0v) is 16.9. The molecule has 152 valence electrons. The minimum absolute atomic E-state index is 0.209. The Morgan fingerprint density at radius 2 is 1.76 bits per heavy atom. The van der Waals surface area contributed by atoms with Gasteiger partial charge in [-0.05, 0) is 30.2 Å². The highest BCUT2D eigenvalue weighted by Gasteiger charge is 2.15. The van der Waals surface area contributed by atoms with Crippen molar-refractivity contribution in [1.29, 1.82) is 0 Å². The molecule has 0 saturated heterocycles. The Bertz CT molecular complexity index is 974. The molecule has 0 saturated carbocycles. The van der Waals surface area contributed by atoms with Gasteiger partial charge in [0.1, 0.15) is 25.4 Å². The molecule has 7 heteroatoms. The molecule has 2 heterocycles. The van der Waals surface area contributed by atoms with Crippen LogP contribution in [-0.4, -0.2) is 36.3 Å². The number of hydrogen-bond acceptors (Lipinski definition) is 7. The van der Waals surface area contributed by atoms with Gasteiger partial charge in [-0.2, -0.15) is 0 Å². The fourth-order valence-corrected chi connectivity index (χ4v) is 2.93. The zero-order valence-electron chi connectivity index (χ0n) is 16.9. The molecule has 1 N–H and O–H groups in total. The van der Waals surface area contributed by atoms with Crippen molar-refractivity contribution in [3.05, 3.63) is 48.3 Å². The summed E-state index contributed by atoms with van der Waals surface area (Å²) in [6.07, 6.45) is 2.53. The summed E-state index contributed by atoms with van der Waals surface area (Å²) in [5.41, 5.74) is 2.75. The molecule has 0 atom stereocenters. The predicted molar refractivity (Wildman–Crippen MR) is 112 cm³/mol. The second kappa shape index (κ2) is 9.73. The molecular weight excluding hydrogens is 370 g/mol. The van der Waals surface area contributed by atoms with Crippen molar-refractivity contribution in [3.63, 3.8) is 0 Å².